The van der Waals surface area contributed by atoms with Crippen LogP contribution >= 0.6 is 45.6 Å². The molecule has 70 heavy (non-hydrogen) atoms. The van der Waals surface area contributed by atoms with Gasteiger partial charge in [-0.05, 0) is 144 Å². The summed E-state index contributed by atoms with van der Waals surface area (Å²) in [6.07, 6.45) is 16.4. The first-order valence-electron chi connectivity index (χ1n) is 25.5. The maximum absolute atomic E-state index is 12.6. The van der Waals surface area contributed by atoms with Gasteiger partial charge >= 0.3 is 0 Å². The van der Waals surface area contributed by atoms with Crippen LogP contribution in [-0.4, -0.2) is 106 Å². The van der Waals surface area contributed by atoms with Crippen molar-refractivity contribution in [2.24, 2.45) is 11.8 Å². The van der Waals surface area contributed by atoms with Crippen molar-refractivity contribution < 1.29 is 33.9 Å². The third-order valence-electron chi connectivity index (χ3n) is 10.4. The molecule has 18 heteroatoms. The first-order valence-corrected chi connectivity index (χ1v) is 48.0. The van der Waals surface area contributed by atoms with Crippen LogP contribution in [0.1, 0.15) is 96.5 Å². The number of hydrogen-bond donors (Lipinski definition) is 1. The molecule has 0 heterocycles. The Morgan fingerprint density at radius 3 is 1.46 bits per heavy atom. The fourth-order valence-corrected chi connectivity index (χ4v) is 41.6. The molecule has 3 atom stereocenters. The summed E-state index contributed by atoms with van der Waals surface area (Å²) in [5.74, 6) is 4.88. The summed E-state index contributed by atoms with van der Waals surface area (Å²) in [5.41, 5.74) is 2.18. The van der Waals surface area contributed by atoms with E-state index in [4.69, 9.17) is 20.2 Å². The van der Waals surface area contributed by atoms with Crippen LogP contribution in [0.25, 0.3) is 0 Å². The molecule has 2 rings (SSSR count). The fourth-order valence-electron chi connectivity index (χ4n) is 7.60. The molecule has 0 radical (unpaired) electrons. The number of carbonyl (C=O) groups excluding carboxylic acids is 1. The Kier molecular flexibility index (Phi) is 37.1. The van der Waals surface area contributed by atoms with E-state index in [0.717, 1.165) is 71.5 Å². The van der Waals surface area contributed by atoms with Gasteiger partial charge in [-0.3, -0.25) is 4.79 Å². The first kappa shape index (κ1) is 72.0. The Labute approximate surface area is 452 Å². The number of ketones is 1. The highest BCUT2D eigenvalue weighted by Crippen LogP contribution is 2.50. The third kappa shape index (κ3) is 36.0. The van der Waals surface area contributed by atoms with Crippen molar-refractivity contribution in [2.45, 2.75) is 174 Å². The van der Waals surface area contributed by atoms with Crippen LogP contribution in [0.5, 0.6) is 0 Å². The Morgan fingerprint density at radius 2 is 1.11 bits per heavy atom. The Morgan fingerprint density at radius 1 is 0.700 bits per heavy atom. The van der Waals surface area contributed by atoms with Gasteiger partial charge in [0.25, 0.3) is 17.4 Å². The fraction of sp³-hybridized carbons (Fsp3) is 0.712. The Bertz CT molecular complexity index is 1750. The average molecular weight is 1150 g/mol. The van der Waals surface area contributed by atoms with Crippen molar-refractivity contribution in [3.8, 4) is 0 Å². The molecule has 408 valence electrons. The molecule has 2 aromatic carbocycles. The van der Waals surface area contributed by atoms with E-state index in [1.165, 1.54) is 30.8 Å². The van der Waals surface area contributed by atoms with Crippen LogP contribution < -0.4 is 0 Å². The lowest BCUT2D eigenvalue weighted by atomic mass is 9.87. The van der Waals surface area contributed by atoms with Gasteiger partial charge in [0.15, 0.2) is 11.4 Å². The van der Waals surface area contributed by atoms with Crippen LogP contribution in [0, 0.1) is 11.8 Å². The van der Waals surface area contributed by atoms with E-state index in [-0.39, 0.29) is 5.78 Å². The summed E-state index contributed by atoms with van der Waals surface area (Å²) >= 11 is 6.37. The van der Waals surface area contributed by atoms with Crippen molar-refractivity contribution in [2.75, 3.05) is 49.4 Å². The predicted octanol–water partition coefficient (Wildman–Crippen LogP) is 17.1. The maximum atomic E-state index is 12.6. The van der Waals surface area contributed by atoms with Crippen molar-refractivity contribution in [3.05, 3.63) is 84.4 Å². The molecule has 0 saturated heterocycles. The van der Waals surface area contributed by atoms with Gasteiger partial charge in [0.2, 0.25) is 33.3 Å². The molecule has 0 bridgehead atoms. The number of methoxy groups -OCH3 is 1. The third-order valence-corrected chi connectivity index (χ3v) is 39.1. The number of allylic oxidation sites excluding steroid dienone is 1. The second kappa shape index (κ2) is 36.1. The summed E-state index contributed by atoms with van der Waals surface area (Å²) in [6, 6.07) is 22.5. The van der Waals surface area contributed by atoms with E-state index in [0.29, 0.717) is 5.56 Å². The molecule has 0 fully saturated rings. The normalized spacial score (nSPS) is 15.1. The van der Waals surface area contributed by atoms with Crippen LogP contribution in [-0.2, 0) is 34.8 Å². The molecule has 2 aromatic rings. The zero-order valence-electron chi connectivity index (χ0n) is 48.1. The second-order valence-corrected chi connectivity index (χ2v) is 52.7. The lowest BCUT2D eigenvalue weighted by Crippen LogP contribution is -2.40. The van der Waals surface area contributed by atoms with Gasteiger partial charge in [-0.25, -0.2) is 21.2 Å². The molecule has 0 aromatic heterocycles. The molecular formula is C52H104O8S4Si6. The average Bonchev–Trinajstić information content (AvgIpc) is 3.23. The van der Waals surface area contributed by atoms with E-state index in [1.54, 1.807) is 14.0 Å². The molecule has 3 unspecified atom stereocenters. The van der Waals surface area contributed by atoms with E-state index in [2.05, 4.69) is 136 Å². The molecular weight excluding hydrogens is 1050 g/mol. The van der Waals surface area contributed by atoms with Gasteiger partial charge < -0.3 is 29.1 Å². The number of ether oxygens (including phenoxy) is 1. The predicted molar refractivity (Wildman–Crippen MR) is 332 cm³/mol. The minimum absolute atomic E-state index is 0.0307. The number of thioether (sulfide) groups is 1. The number of benzene rings is 2. The van der Waals surface area contributed by atoms with Gasteiger partial charge in [-0.15, -0.1) is 6.58 Å². The summed E-state index contributed by atoms with van der Waals surface area (Å²) in [5, 5.41) is 0. The standard InChI is InChI=1S/C18H44O3S2Si3.C16H16O2.C12H32O3S2Si3.C6H12/c1-10-24(19)17-26(9,21-23(4,5)20-25(6,7)8)16-12-15-22-14-11-13-18(2)3;1-16(18-2,14-11-7-4-8-12-14)15(17)13-9-5-3-6-10-13;1-8-18(13)12-20(7,11-9-10-16)15-17(2,3)14-19(4,5)6;1-4-5-6(2)3/h18H,10-17H2,1-9H3;3-12H,1-2H3;16H,8-12H2,1-7H3;4,6H,1,5H2,2-3H3. The SMILES string of the molecule is C=CCC(C)C.CC[Si](=O)C[Si](C)(CCCS)OS(C)(C)O[Si](C)(C)C.CC[Si](=O)C[Si](C)(CCCSCCCC(C)C)OS(C)(C)O[Si](C)(C)C.COC(C)(C(=O)c1ccccc1)c1ccccc1. The zero-order chi connectivity index (χ0) is 54.5. The van der Waals surface area contributed by atoms with E-state index >= 15 is 0 Å². The quantitative estimate of drug-likeness (QED) is 0.0260. The van der Waals surface area contributed by atoms with Crippen LogP contribution in [0.4, 0.5) is 0 Å². The topological polar surface area (TPSA) is 97.4 Å². The largest absolute Gasteiger partial charge is 0.389 e. The smallest absolute Gasteiger partial charge is 0.275 e. The minimum Gasteiger partial charge on any atom is -0.389 e. The highest BCUT2D eigenvalue weighted by Gasteiger charge is 2.39. The molecule has 0 aliphatic carbocycles. The molecule has 0 amide bonds. The van der Waals surface area contributed by atoms with Gasteiger partial charge in [-0.2, -0.15) is 24.4 Å². The van der Waals surface area contributed by atoms with Gasteiger partial charge in [0.1, 0.15) is 0 Å². The second-order valence-electron chi connectivity index (χ2n) is 22.2. The summed E-state index contributed by atoms with van der Waals surface area (Å²) in [6.45, 7) is 36.1. The maximum Gasteiger partial charge on any atom is 0.275 e. The van der Waals surface area contributed by atoms with E-state index in [1.807, 2.05) is 80.6 Å². The van der Waals surface area contributed by atoms with E-state index < -0.39 is 77.4 Å². The number of rotatable bonds is 31. The lowest BCUT2D eigenvalue weighted by Gasteiger charge is -2.46. The molecule has 0 N–H and O–H groups in total. The van der Waals surface area contributed by atoms with Crippen molar-refractivity contribution in [3.63, 3.8) is 0 Å². The number of carbonyl (C=O) groups is 1. The highest BCUT2D eigenvalue weighted by atomic mass is 32.3. The number of Topliss-reactive ketones (excluding diaryl/α,β-unsaturated/α-hetero) is 1. The molecule has 0 aliphatic heterocycles. The molecule has 0 spiro atoms. The van der Waals surface area contributed by atoms with Gasteiger partial charge in [0, 0.05) is 49.0 Å². The van der Waals surface area contributed by atoms with Crippen LogP contribution in [0.2, 0.25) is 87.9 Å². The molecule has 8 nitrogen and oxygen atoms in total. The summed E-state index contributed by atoms with van der Waals surface area (Å²) in [7, 11) is -11.7. The van der Waals surface area contributed by atoms with E-state index in [9.17, 15) is 13.7 Å². The summed E-state index contributed by atoms with van der Waals surface area (Å²) in [4.78, 5) is 12.6. The Hall–Kier alpha value is -0.0487. The lowest BCUT2D eigenvalue weighted by molar-refractivity contribution is 0.0101. The number of hydrogen-bond acceptors (Lipinski definition) is 10. The zero-order valence-corrected chi connectivity index (χ0v) is 57.4. The van der Waals surface area contributed by atoms with Gasteiger partial charge in [0.05, 0.1) is 0 Å². The highest BCUT2D eigenvalue weighted by molar-refractivity contribution is 8.26. The van der Waals surface area contributed by atoms with Crippen molar-refractivity contribution in [1.82, 2.24) is 0 Å². The van der Waals surface area contributed by atoms with Crippen LogP contribution in [0.3, 0.4) is 0 Å². The number of thiol groups is 1. The summed E-state index contributed by atoms with van der Waals surface area (Å²) < 4.78 is 55.7. The van der Waals surface area contributed by atoms with Gasteiger partial charge in [-0.1, -0.05) is 115 Å². The molecule has 0 aliphatic rings. The minimum atomic E-state index is -2.00. The van der Waals surface area contributed by atoms with Crippen molar-refractivity contribution in [1.29, 1.82) is 0 Å². The first-order chi connectivity index (χ1) is 32.2. The monoisotopic (exact) mass is 1150 g/mol. The molecule has 0 saturated carbocycles. The van der Waals surface area contributed by atoms with Crippen LogP contribution in [0.15, 0.2) is 73.3 Å². The Balaban J connectivity index is 0. The van der Waals surface area contributed by atoms with Crippen molar-refractivity contribution >= 4 is 102 Å².